The average Bonchev–Trinajstić information content (AvgIpc) is 3.01. The van der Waals surface area contributed by atoms with E-state index >= 15 is 0 Å². The van der Waals surface area contributed by atoms with Crippen molar-refractivity contribution in [1.82, 2.24) is 9.97 Å². The summed E-state index contributed by atoms with van der Waals surface area (Å²) in [6.07, 6.45) is 5.14. The van der Waals surface area contributed by atoms with E-state index in [4.69, 9.17) is 9.47 Å². The number of hydrogen-bond acceptors (Lipinski definition) is 7. The molecule has 2 fully saturated rings. The molecule has 2 heterocycles. The van der Waals surface area contributed by atoms with Crippen LogP contribution in [0.1, 0.15) is 49.0 Å². The van der Waals surface area contributed by atoms with Crippen LogP contribution < -0.4 is 4.74 Å². The van der Waals surface area contributed by atoms with Crippen LogP contribution >= 0.6 is 11.3 Å². The van der Waals surface area contributed by atoms with Gasteiger partial charge in [-0.2, -0.15) is 0 Å². The van der Waals surface area contributed by atoms with Crippen LogP contribution in [0.15, 0.2) is 6.33 Å². The number of aromatic nitrogens is 2. The highest BCUT2D eigenvalue weighted by molar-refractivity contribution is 7.19. The topological polar surface area (TPSA) is 78.4 Å². The number of nitrogens with zero attached hydrogens (tertiary/aromatic N) is 2. The number of ketones is 1. The molecule has 5 rings (SSSR count). The van der Waals surface area contributed by atoms with Gasteiger partial charge in [0.1, 0.15) is 23.0 Å². The van der Waals surface area contributed by atoms with Gasteiger partial charge in [0.15, 0.2) is 0 Å². The zero-order valence-electron chi connectivity index (χ0n) is 14.6. The monoisotopic (exact) mass is 372 g/mol. The van der Waals surface area contributed by atoms with Crippen molar-refractivity contribution in [2.24, 2.45) is 11.8 Å². The minimum Gasteiger partial charge on any atom is -0.474 e. The first-order valence-corrected chi connectivity index (χ1v) is 10.1. The van der Waals surface area contributed by atoms with Gasteiger partial charge in [-0.3, -0.25) is 9.59 Å². The summed E-state index contributed by atoms with van der Waals surface area (Å²) in [7, 11) is 0. The van der Waals surface area contributed by atoms with Gasteiger partial charge in [-0.15, -0.1) is 11.3 Å². The van der Waals surface area contributed by atoms with Gasteiger partial charge in [0.05, 0.1) is 17.9 Å². The molecular formula is C19H20N2O4S. The van der Waals surface area contributed by atoms with E-state index in [0.29, 0.717) is 37.0 Å². The van der Waals surface area contributed by atoms with E-state index in [9.17, 15) is 9.59 Å². The second-order valence-electron chi connectivity index (χ2n) is 7.33. The van der Waals surface area contributed by atoms with E-state index in [1.165, 1.54) is 10.4 Å². The van der Waals surface area contributed by atoms with Crippen molar-refractivity contribution in [3.63, 3.8) is 0 Å². The van der Waals surface area contributed by atoms with Gasteiger partial charge in [0, 0.05) is 23.6 Å². The van der Waals surface area contributed by atoms with Gasteiger partial charge in [0.2, 0.25) is 5.88 Å². The van der Waals surface area contributed by atoms with E-state index in [2.05, 4.69) is 9.97 Å². The van der Waals surface area contributed by atoms with Crippen molar-refractivity contribution < 1.29 is 19.1 Å². The fourth-order valence-corrected chi connectivity index (χ4v) is 5.81. The summed E-state index contributed by atoms with van der Waals surface area (Å²) in [6.45, 7) is 2.26. The van der Waals surface area contributed by atoms with Crippen LogP contribution in [-0.4, -0.2) is 34.4 Å². The molecule has 2 aromatic heterocycles. The third kappa shape index (κ3) is 2.44. The van der Waals surface area contributed by atoms with E-state index in [-0.39, 0.29) is 23.9 Å². The van der Waals surface area contributed by atoms with Crippen LogP contribution in [-0.2, 0) is 20.7 Å². The molecule has 7 heteroatoms. The molecule has 2 aromatic rings. The lowest BCUT2D eigenvalue weighted by Crippen LogP contribution is -2.24. The number of esters is 1. The molecule has 2 saturated carbocycles. The molecule has 0 aliphatic heterocycles. The molecule has 0 aromatic carbocycles. The molecule has 3 unspecified atom stereocenters. The molecule has 136 valence electrons. The quantitative estimate of drug-likeness (QED) is 0.768. The zero-order valence-corrected chi connectivity index (χ0v) is 15.4. The second-order valence-corrected chi connectivity index (χ2v) is 8.41. The van der Waals surface area contributed by atoms with Crippen molar-refractivity contribution in [2.45, 2.75) is 51.0 Å². The summed E-state index contributed by atoms with van der Waals surface area (Å²) >= 11 is 1.69. The maximum Gasteiger partial charge on any atom is 0.309 e. The summed E-state index contributed by atoms with van der Waals surface area (Å²) < 4.78 is 11.4. The Balaban J connectivity index is 1.46. The first-order valence-electron chi connectivity index (χ1n) is 9.28. The number of rotatable bonds is 4. The number of ether oxygens (including phenoxy) is 2. The highest BCUT2D eigenvalue weighted by Gasteiger charge is 2.62. The van der Waals surface area contributed by atoms with E-state index in [0.717, 1.165) is 29.5 Å². The molecular weight excluding hydrogens is 352 g/mol. The first kappa shape index (κ1) is 16.2. The van der Waals surface area contributed by atoms with Crippen molar-refractivity contribution in [3.05, 3.63) is 16.8 Å². The van der Waals surface area contributed by atoms with Crippen LogP contribution in [0, 0.1) is 11.8 Å². The van der Waals surface area contributed by atoms with Gasteiger partial charge < -0.3 is 9.47 Å². The molecule has 3 atom stereocenters. The third-order valence-corrected chi connectivity index (χ3v) is 6.95. The standard InChI is InChI=1S/C19H20N2O4S/c1-2-24-19(23)14-11-7-12-15(13(11)14)16-17(20-8-21-18(16)26-12)25-10-5-3-9(22)4-6-10/h8,10-11,13-14H,2-7H2,1H3. The van der Waals surface area contributed by atoms with Crippen molar-refractivity contribution in [2.75, 3.05) is 6.61 Å². The highest BCUT2D eigenvalue weighted by atomic mass is 32.1. The molecule has 0 saturated heterocycles. The lowest BCUT2D eigenvalue weighted by molar-refractivity contribution is -0.145. The normalized spacial score (nSPS) is 27.3. The Hall–Kier alpha value is -2.02. The summed E-state index contributed by atoms with van der Waals surface area (Å²) in [6, 6.07) is 0. The number of carbonyl (C=O) groups excluding carboxylic acids is 2. The maximum absolute atomic E-state index is 12.2. The molecule has 0 bridgehead atoms. The lowest BCUT2D eigenvalue weighted by atomic mass is 9.96. The van der Waals surface area contributed by atoms with E-state index in [1.54, 1.807) is 17.7 Å². The van der Waals surface area contributed by atoms with Gasteiger partial charge in [-0.05, 0) is 37.7 Å². The smallest absolute Gasteiger partial charge is 0.309 e. The predicted octanol–water partition coefficient (Wildman–Crippen LogP) is 3.03. The van der Waals surface area contributed by atoms with Crippen LogP contribution in [0.25, 0.3) is 10.2 Å². The molecule has 0 spiro atoms. The molecule has 0 radical (unpaired) electrons. The van der Waals surface area contributed by atoms with Crippen molar-refractivity contribution in [3.8, 4) is 5.88 Å². The minimum atomic E-state index is -0.0855. The van der Waals surface area contributed by atoms with Gasteiger partial charge >= 0.3 is 5.97 Å². The highest BCUT2D eigenvalue weighted by Crippen LogP contribution is 2.65. The Labute approximate surface area is 154 Å². The fraction of sp³-hybridized carbons (Fsp3) is 0.579. The molecule has 0 N–H and O–H groups in total. The Morgan fingerprint density at radius 2 is 2.12 bits per heavy atom. The number of carbonyl (C=O) groups is 2. The minimum absolute atomic E-state index is 0.0265. The Morgan fingerprint density at radius 1 is 1.31 bits per heavy atom. The average molecular weight is 372 g/mol. The summed E-state index contributed by atoms with van der Waals surface area (Å²) in [5.74, 6) is 1.39. The van der Waals surface area contributed by atoms with Gasteiger partial charge in [-0.25, -0.2) is 9.97 Å². The van der Waals surface area contributed by atoms with Gasteiger partial charge in [0.25, 0.3) is 0 Å². The van der Waals surface area contributed by atoms with E-state index < -0.39 is 0 Å². The summed E-state index contributed by atoms with van der Waals surface area (Å²) in [5, 5.41) is 0.976. The maximum atomic E-state index is 12.2. The van der Waals surface area contributed by atoms with Crippen LogP contribution in [0.3, 0.4) is 0 Å². The number of Topliss-reactive ketones (excluding diaryl/α,β-unsaturated/α-hetero) is 1. The molecule has 3 aliphatic rings. The largest absolute Gasteiger partial charge is 0.474 e. The number of fused-ring (bicyclic) bond motifs is 5. The van der Waals surface area contributed by atoms with Crippen LogP contribution in [0.5, 0.6) is 5.88 Å². The zero-order chi connectivity index (χ0) is 17.8. The number of thiophene rings is 1. The molecule has 0 amide bonds. The lowest BCUT2D eigenvalue weighted by Gasteiger charge is -2.22. The van der Waals surface area contributed by atoms with Crippen LogP contribution in [0.2, 0.25) is 0 Å². The summed E-state index contributed by atoms with van der Waals surface area (Å²) in [4.78, 5) is 34.7. The Bertz CT molecular complexity index is 898. The summed E-state index contributed by atoms with van der Waals surface area (Å²) in [5.41, 5.74) is 1.20. The Kier molecular flexibility index (Phi) is 3.74. The van der Waals surface area contributed by atoms with Crippen molar-refractivity contribution in [1.29, 1.82) is 0 Å². The molecule has 3 aliphatic carbocycles. The SMILES string of the molecule is CCOC(=O)C1C2Cc3sc4ncnc(OC5CCC(=O)CC5)c4c3C21. The fourth-order valence-electron chi connectivity index (χ4n) is 4.55. The number of hydrogen-bond donors (Lipinski definition) is 0. The molecule has 6 nitrogen and oxygen atoms in total. The third-order valence-electron chi connectivity index (χ3n) is 5.82. The second kappa shape index (κ2) is 6.01. The predicted molar refractivity (Wildman–Crippen MR) is 95.4 cm³/mol. The van der Waals surface area contributed by atoms with Crippen molar-refractivity contribution >= 4 is 33.3 Å². The van der Waals surface area contributed by atoms with Gasteiger partial charge in [-0.1, -0.05) is 0 Å². The first-order chi connectivity index (χ1) is 12.7. The van der Waals surface area contributed by atoms with E-state index in [1.807, 2.05) is 6.92 Å². The Morgan fingerprint density at radius 3 is 2.88 bits per heavy atom. The molecule has 26 heavy (non-hydrogen) atoms. The van der Waals surface area contributed by atoms with Crippen LogP contribution in [0.4, 0.5) is 0 Å².